The molecule has 0 atom stereocenters. The summed E-state index contributed by atoms with van der Waals surface area (Å²) in [7, 11) is 0. The van der Waals surface area contributed by atoms with Gasteiger partial charge < -0.3 is 10.3 Å². The first-order valence-electron chi connectivity index (χ1n) is 7.51. The summed E-state index contributed by atoms with van der Waals surface area (Å²) in [4.78, 5) is 27.8. The summed E-state index contributed by atoms with van der Waals surface area (Å²) in [5, 5.41) is 4.79. The van der Waals surface area contributed by atoms with Crippen LogP contribution in [0.2, 0.25) is 20.1 Å². The topological polar surface area (TPSA) is 62.0 Å². The van der Waals surface area contributed by atoms with Gasteiger partial charge in [0.1, 0.15) is 11.4 Å². The number of hydrogen-bond acceptors (Lipinski definition) is 3. The summed E-state index contributed by atoms with van der Waals surface area (Å²) in [5.74, 6) is -0.0599. The van der Waals surface area contributed by atoms with Gasteiger partial charge in [-0.1, -0.05) is 52.5 Å². The number of anilines is 1. The molecule has 0 saturated heterocycles. The molecule has 134 valence electrons. The van der Waals surface area contributed by atoms with Crippen LogP contribution in [0, 0.1) is 0 Å². The van der Waals surface area contributed by atoms with E-state index in [0.29, 0.717) is 38.3 Å². The number of Topliss-reactive ketones (excluding diaryl/α,β-unsaturated/α-hetero) is 1. The van der Waals surface area contributed by atoms with E-state index in [9.17, 15) is 9.59 Å². The lowest BCUT2D eigenvalue weighted by atomic mass is 10.1. The lowest BCUT2D eigenvalue weighted by Gasteiger charge is -2.13. The number of hydrogen-bond donors (Lipinski definition) is 2. The molecule has 0 saturated carbocycles. The average molecular weight is 430 g/mol. The second-order valence-corrected chi connectivity index (χ2v) is 7.30. The van der Waals surface area contributed by atoms with Gasteiger partial charge in [0.2, 0.25) is 5.43 Å². The van der Waals surface area contributed by atoms with Crippen LogP contribution < -0.4 is 10.7 Å². The first kappa shape index (κ1) is 19.1. The fraction of sp³-hybridized carbons (Fsp3) is 0.111. The van der Waals surface area contributed by atoms with Gasteiger partial charge in [0.25, 0.3) is 0 Å². The number of ketones is 1. The van der Waals surface area contributed by atoms with Crippen LogP contribution >= 0.6 is 46.4 Å². The van der Waals surface area contributed by atoms with Crippen LogP contribution in [0.3, 0.4) is 0 Å². The predicted molar refractivity (Wildman–Crippen MR) is 108 cm³/mol. The van der Waals surface area contributed by atoms with Crippen molar-refractivity contribution in [1.82, 2.24) is 4.98 Å². The standard InChI is InChI=1S/C18H12Cl4N2O2/c1-8(25)16-17(26)10-5-13(21)14(22)6-15(10)24-18(16)23-7-9-2-3-11(19)12(20)4-9/h2-6H,7H2,1H3,(H2,23,24,26). The average Bonchev–Trinajstić information content (AvgIpc) is 2.57. The second kappa shape index (κ2) is 7.49. The van der Waals surface area contributed by atoms with E-state index in [0.717, 1.165) is 5.56 Å². The molecule has 0 amide bonds. The summed E-state index contributed by atoms with van der Waals surface area (Å²) >= 11 is 23.9. The van der Waals surface area contributed by atoms with E-state index in [-0.39, 0.29) is 16.4 Å². The van der Waals surface area contributed by atoms with E-state index in [4.69, 9.17) is 46.4 Å². The first-order valence-corrected chi connectivity index (χ1v) is 9.03. The third-order valence-electron chi connectivity index (χ3n) is 3.85. The van der Waals surface area contributed by atoms with Crippen LogP contribution in [0.1, 0.15) is 22.8 Å². The van der Waals surface area contributed by atoms with Gasteiger partial charge in [-0.15, -0.1) is 0 Å². The van der Waals surface area contributed by atoms with Crippen LogP contribution in [-0.2, 0) is 6.54 Å². The Balaban J connectivity index is 2.07. The molecule has 8 heteroatoms. The Morgan fingerprint density at radius 1 is 1.00 bits per heavy atom. The number of pyridine rings is 1. The molecule has 2 aromatic carbocycles. The van der Waals surface area contributed by atoms with E-state index in [2.05, 4.69) is 10.3 Å². The van der Waals surface area contributed by atoms with Crippen molar-refractivity contribution in [2.24, 2.45) is 0 Å². The van der Waals surface area contributed by atoms with E-state index >= 15 is 0 Å². The van der Waals surface area contributed by atoms with Crippen molar-refractivity contribution in [3.05, 3.63) is 71.8 Å². The Bertz CT molecular complexity index is 1090. The molecule has 0 aliphatic rings. The van der Waals surface area contributed by atoms with Crippen molar-refractivity contribution < 1.29 is 4.79 Å². The molecule has 0 fully saturated rings. The van der Waals surface area contributed by atoms with Crippen LogP contribution in [0.5, 0.6) is 0 Å². The predicted octanol–water partition coefficient (Wildman–Crippen LogP) is 5.96. The fourth-order valence-corrected chi connectivity index (χ4v) is 3.24. The summed E-state index contributed by atoms with van der Waals surface area (Å²) in [6.45, 7) is 1.66. The highest BCUT2D eigenvalue weighted by Crippen LogP contribution is 2.28. The molecule has 0 radical (unpaired) electrons. The van der Waals surface area contributed by atoms with E-state index in [1.807, 2.05) is 0 Å². The summed E-state index contributed by atoms with van der Waals surface area (Å²) in [6, 6.07) is 8.18. The van der Waals surface area contributed by atoms with Gasteiger partial charge in [-0.25, -0.2) is 0 Å². The maximum absolute atomic E-state index is 12.7. The number of rotatable bonds is 4. The summed E-state index contributed by atoms with van der Waals surface area (Å²) in [5.41, 5.74) is 0.924. The van der Waals surface area contributed by atoms with Gasteiger partial charge in [-0.3, -0.25) is 9.59 Å². The fourth-order valence-electron chi connectivity index (χ4n) is 2.59. The number of carbonyl (C=O) groups is 1. The van der Waals surface area contributed by atoms with Crippen LogP contribution in [0.25, 0.3) is 10.9 Å². The molecule has 3 rings (SSSR count). The number of benzene rings is 2. The largest absolute Gasteiger partial charge is 0.367 e. The highest BCUT2D eigenvalue weighted by Gasteiger charge is 2.17. The molecular weight excluding hydrogens is 418 g/mol. The zero-order valence-electron chi connectivity index (χ0n) is 13.4. The SMILES string of the molecule is CC(=O)c1c(NCc2ccc(Cl)c(Cl)c2)[nH]c2cc(Cl)c(Cl)cc2c1=O. The molecule has 1 aromatic heterocycles. The number of halogens is 4. The molecule has 26 heavy (non-hydrogen) atoms. The molecule has 2 N–H and O–H groups in total. The maximum Gasteiger partial charge on any atom is 0.202 e. The van der Waals surface area contributed by atoms with Gasteiger partial charge in [-0.2, -0.15) is 0 Å². The van der Waals surface area contributed by atoms with Gasteiger partial charge in [0.05, 0.1) is 25.6 Å². The highest BCUT2D eigenvalue weighted by atomic mass is 35.5. The Kier molecular flexibility index (Phi) is 5.49. The van der Waals surface area contributed by atoms with Crippen molar-refractivity contribution >= 4 is 68.9 Å². The molecule has 0 bridgehead atoms. The third kappa shape index (κ3) is 3.69. The monoisotopic (exact) mass is 428 g/mol. The molecule has 0 unspecified atom stereocenters. The molecule has 3 aromatic rings. The Hall–Kier alpha value is -1.72. The molecule has 0 aliphatic carbocycles. The van der Waals surface area contributed by atoms with Gasteiger partial charge in [0, 0.05) is 11.9 Å². The Labute approximate surface area is 169 Å². The first-order chi connectivity index (χ1) is 12.3. The van der Waals surface area contributed by atoms with Crippen molar-refractivity contribution in [3.8, 4) is 0 Å². The number of nitrogens with one attached hydrogen (secondary N) is 2. The van der Waals surface area contributed by atoms with Gasteiger partial charge >= 0.3 is 0 Å². The zero-order valence-corrected chi connectivity index (χ0v) is 16.4. The normalized spacial score (nSPS) is 11.0. The zero-order chi connectivity index (χ0) is 19.0. The molecule has 0 aliphatic heterocycles. The minimum atomic E-state index is -0.415. The number of aromatic nitrogens is 1. The minimum absolute atomic E-state index is 0.0240. The number of aromatic amines is 1. The smallest absolute Gasteiger partial charge is 0.202 e. The van der Waals surface area contributed by atoms with E-state index in [1.54, 1.807) is 24.3 Å². The molecule has 4 nitrogen and oxygen atoms in total. The highest BCUT2D eigenvalue weighted by molar-refractivity contribution is 6.43. The van der Waals surface area contributed by atoms with Gasteiger partial charge in [0.15, 0.2) is 5.78 Å². The molecular formula is C18H12Cl4N2O2. The van der Waals surface area contributed by atoms with Crippen LogP contribution in [-0.4, -0.2) is 10.8 Å². The van der Waals surface area contributed by atoms with Crippen molar-refractivity contribution in [2.75, 3.05) is 5.32 Å². The maximum atomic E-state index is 12.7. The van der Waals surface area contributed by atoms with Crippen molar-refractivity contribution in [3.63, 3.8) is 0 Å². The number of fused-ring (bicyclic) bond motifs is 1. The summed E-state index contributed by atoms with van der Waals surface area (Å²) < 4.78 is 0. The number of H-pyrrole nitrogens is 1. The Morgan fingerprint density at radius 2 is 1.65 bits per heavy atom. The lowest BCUT2D eigenvalue weighted by Crippen LogP contribution is -2.19. The van der Waals surface area contributed by atoms with Crippen molar-refractivity contribution in [1.29, 1.82) is 0 Å². The van der Waals surface area contributed by atoms with Crippen LogP contribution in [0.15, 0.2) is 35.1 Å². The minimum Gasteiger partial charge on any atom is -0.367 e. The van der Waals surface area contributed by atoms with E-state index in [1.165, 1.54) is 13.0 Å². The third-order valence-corrected chi connectivity index (χ3v) is 5.31. The number of carbonyl (C=O) groups excluding carboxylic acids is 1. The quantitative estimate of drug-likeness (QED) is 0.503. The summed E-state index contributed by atoms with van der Waals surface area (Å²) in [6.07, 6.45) is 0. The van der Waals surface area contributed by atoms with E-state index < -0.39 is 5.43 Å². The second-order valence-electron chi connectivity index (χ2n) is 5.67. The molecule has 0 spiro atoms. The van der Waals surface area contributed by atoms with Crippen molar-refractivity contribution in [2.45, 2.75) is 13.5 Å². The van der Waals surface area contributed by atoms with Crippen LogP contribution in [0.4, 0.5) is 5.82 Å². The molecule has 1 heterocycles. The van der Waals surface area contributed by atoms with Gasteiger partial charge in [-0.05, 0) is 36.8 Å². The Morgan fingerprint density at radius 3 is 2.31 bits per heavy atom. The lowest BCUT2D eigenvalue weighted by molar-refractivity contribution is 0.101.